The summed E-state index contributed by atoms with van der Waals surface area (Å²) in [5, 5.41) is 5.31. The first-order valence-electron chi connectivity index (χ1n) is 12.5. The zero-order valence-electron chi connectivity index (χ0n) is 21.0. The van der Waals surface area contributed by atoms with Crippen LogP contribution in [0.5, 0.6) is 0 Å². The summed E-state index contributed by atoms with van der Waals surface area (Å²) in [7, 11) is 0. The van der Waals surface area contributed by atoms with Crippen LogP contribution < -0.4 is 4.90 Å². The molecule has 0 bridgehead atoms. The summed E-state index contributed by atoms with van der Waals surface area (Å²) in [5.74, 6) is 1.62. The fourth-order valence-corrected chi connectivity index (χ4v) is 4.89. The van der Waals surface area contributed by atoms with Gasteiger partial charge >= 0.3 is 0 Å². The van der Waals surface area contributed by atoms with Crippen molar-refractivity contribution in [1.29, 1.82) is 0 Å². The van der Waals surface area contributed by atoms with E-state index in [1.807, 2.05) is 46.8 Å². The Balaban J connectivity index is 1.59. The number of fused-ring (bicyclic) bond motifs is 1. The normalized spacial score (nSPS) is 15.2. The van der Waals surface area contributed by atoms with Gasteiger partial charge in [0.15, 0.2) is 5.65 Å². The molecule has 0 N–H and O–H groups in total. The van der Waals surface area contributed by atoms with Crippen LogP contribution in [0, 0.1) is 13.8 Å². The van der Waals surface area contributed by atoms with E-state index < -0.39 is 5.38 Å². The number of carbonyl (C=O) groups excluding carboxylic acids is 1. The van der Waals surface area contributed by atoms with Crippen molar-refractivity contribution in [1.82, 2.24) is 24.6 Å². The third-order valence-electron chi connectivity index (χ3n) is 6.66. The van der Waals surface area contributed by atoms with Crippen LogP contribution >= 0.6 is 11.6 Å². The SMILES string of the molecule is Cc1ccc(Cc2nc(N3CCCN(C(=O)[C@@H](C)Cl)CC3)c3c(C)nn(-c4ccccc4)c3n2)cc1. The maximum Gasteiger partial charge on any atom is 0.240 e. The van der Waals surface area contributed by atoms with Crippen molar-refractivity contribution >= 4 is 34.4 Å². The Morgan fingerprint density at radius 3 is 2.44 bits per heavy atom. The molecule has 0 spiro atoms. The Morgan fingerprint density at radius 1 is 0.972 bits per heavy atom. The average molecular weight is 503 g/mol. The zero-order chi connectivity index (χ0) is 25.2. The maximum absolute atomic E-state index is 12.5. The van der Waals surface area contributed by atoms with Crippen LogP contribution in [0.15, 0.2) is 54.6 Å². The number of aromatic nitrogens is 4. The molecule has 1 atom stereocenters. The third kappa shape index (κ3) is 4.93. The lowest BCUT2D eigenvalue weighted by Crippen LogP contribution is -2.38. The van der Waals surface area contributed by atoms with Crippen molar-refractivity contribution in [3.63, 3.8) is 0 Å². The highest BCUT2D eigenvalue weighted by molar-refractivity contribution is 6.30. The lowest BCUT2D eigenvalue weighted by Gasteiger charge is -2.24. The summed E-state index contributed by atoms with van der Waals surface area (Å²) in [6.45, 7) is 8.62. The monoisotopic (exact) mass is 502 g/mol. The van der Waals surface area contributed by atoms with Gasteiger partial charge in [0.2, 0.25) is 5.91 Å². The van der Waals surface area contributed by atoms with E-state index in [0.29, 0.717) is 26.1 Å². The molecular formula is C28H31ClN6O. The number of nitrogens with zero attached hydrogens (tertiary/aromatic N) is 6. The molecule has 7 nitrogen and oxygen atoms in total. The zero-order valence-corrected chi connectivity index (χ0v) is 21.7. The standard InChI is InChI=1S/C28H31ClN6O/c1-19-10-12-22(13-11-19)18-24-30-26(33-14-7-15-34(17-16-33)28(36)20(2)29)25-21(3)32-35(27(25)31-24)23-8-5-4-6-9-23/h4-6,8-13,20H,7,14-18H2,1-3H3/t20-/m1/s1. The predicted octanol–water partition coefficient (Wildman–Crippen LogP) is 4.69. The number of aryl methyl sites for hydroxylation is 2. The topological polar surface area (TPSA) is 67.2 Å². The molecule has 1 amide bonds. The molecule has 1 fully saturated rings. The number of hydrogen-bond donors (Lipinski definition) is 0. The molecule has 3 heterocycles. The molecule has 1 saturated heterocycles. The molecule has 0 unspecified atom stereocenters. The predicted molar refractivity (Wildman–Crippen MR) is 144 cm³/mol. The second-order valence-electron chi connectivity index (χ2n) is 9.44. The number of carbonyl (C=O) groups is 1. The number of alkyl halides is 1. The molecule has 8 heteroatoms. The summed E-state index contributed by atoms with van der Waals surface area (Å²) in [6.07, 6.45) is 1.48. The molecule has 1 aliphatic heterocycles. The van der Waals surface area contributed by atoms with E-state index in [0.717, 1.165) is 52.6 Å². The molecule has 1 aliphatic rings. The minimum Gasteiger partial charge on any atom is -0.354 e. The van der Waals surface area contributed by atoms with Crippen LogP contribution in [0.25, 0.3) is 16.7 Å². The van der Waals surface area contributed by atoms with E-state index in [1.54, 1.807) is 6.92 Å². The van der Waals surface area contributed by atoms with E-state index in [9.17, 15) is 4.79 Å². The first-order chi connectivity index (χ1) is 17.4. The number of amides is 1. The minimum atomic E-state index is -0.519. The lowest BCUT2D eigenvalue weighted by atomic mass is 10.1. The highest BCUT2D eigenvalue weighted by Crippen LogP contribution is 2.30. The Bertz CT molecular complexity index is 1370. The summed E-state index contributed by atoms with van der Waals surface area (Å²) >= 11 is 6.10. The van der Waals surface area contributed by atoms with Crippen LogP contribution in [0.1, 0.15) is 36.0 Å². The fraction of sp³-hybridized carbons (Fsp3) is 0.357. The van der Waals surface area contributed by atoms with Gasteiger partial charge in [0.05, 0.1) is 16.8 Å². The van der Waals surface area contributed by atoms with Gasteiger partial charge in [-0.25, -0.2) is 14.6 Å². The highest BCUT2D eigenvalue weighted by atomic mass is 35.5. The number of halogens is 1. The fourth-order valence-electron chi connectivity index (χ4n) is 4.75. The van der Waals surface area contributed by atoms with E-state index in [-0.39, 0.29) is 5.91 Å². The lowest BCUT2D eigenvalue weighted by molar-refractivity contribution is -0.130. The number of benzene rings is 2. The van der Waals surface area contributed by atoms with Crippen molar-refractivity contribution in [2.75, 3.05) is 31.1 Å². The van der Waals surface area contributed by atoms with Crippen molar-refractivity contribution in [3.05, 3.63) is 77.2 Å². The van der Waals surface area contributed by atoms with Gasteiger partial charge in [-0.3, -0.25) is 4.79 Å². The Labute approximate surface area is 216 Å². The Morgan fingerprint density at radius 2 is 1.72 bits per heavy atom. The van der Waals surface area contributed by atoms with Crippen molar-refractivity contribution in [2.45, 2.75) is 39.0 Å². The van der Waals surface area contributed by atoms with Gasteiger partial charge in [0.25, 0.3) is 0 Å². The smallest absolute Gasteiger partial charge is 0.240 e. The molecular weight excluding hydrogens is 472 g/mol. The summed E-state index contributed by atoms with van der Waals surface area (Å²) in [6, 6.07) is 18.6. The second kappa shape index (κ2) is 10.3. The molecule has 5 rings (SSSR count). The molecule has 0 radical (unpaired) electrons. The quantitative estimate of drug-likeness (QED) is 0.370. The molecule has 0 aliphatic carbocycles. The van der Waals surface area contributed by atoms with E-state index in [1.165, 1.54) is 5.56 Å². The van der Waals surface area contributed by atoms with E-state index in [2.05, 4.69) is 36.1 Å². The molecule has 186 valence electrons. The van der Waals surface area contributed by atoms with Crippen LogP contribution in [0.2, 0.25) is 0 Å². The molecule has 2 aromatic carbocycles. The molecule has 0 saturated carbocycles. The van der Waals surface area contributed by atoms with Gasteiger partial charge in [-0.05, 0) is 44.9 Å². The van der Waals surface area contributed by atoms with Gasteiger partial charge in [-0.15, -0.1) is 11.6 Å². The van der Waals surface area contributed by atoms with Crippen LogP contribution in [-0.4, -0.2) is 62.1 Å². The first kappa shape index (κ1) is 24.3. The summed E-state index contributed by atoms with van der Waals surface area (Å²) < 4.78 is 1.91. The average Bonchev–Trinajstić information content (AvgIpc) is 3.04. The Hall–Kier alpha value is -3.45. The largest absolute Gasteiger partial charge is 0.354 e. The van der Waals surface area contributed by atoms with E-state index >= 15 is 0 Å². The van der Waals surface area contributed by atoms with Crippen LogP contribution in [0.3, 0.4) is 0 Å². The van der Waals surface area contributed by atoms with Gasteiger partial charge in [-0.1, -0.05) is 48.0 Å². The molecule has 2 aromatic heterocycles. The van der Waals surface area contributed by atoms with Crippen LogP contribution in [0.4, 0.5) is 5.82 Å². The highest BCUT2D eigenvalue weighted by Gasteiger charge is 2.26. The molecule has 4 aromatic rings. The Kier molecular flexibility index (Phi) is 6.92. The summed E-state index contributed by atoms with van der Waals surface area (Å²) in [5.41, 5.74) is 5.04. The number of anilines is 1. The number of hydrogen-bond acceptors (Lipinski definition) is 5. The second-order valence-corrected chi connectivity index (χ2v) is 10.1. The van der Waals surface area contributed by atoms with Gasteiger partial charge in [-0.2, -0.15) is 5.10 Å². The van der Waals surface area contributed by atoms with Crippen molar-refractivity contribution in [3.8, 4) is 5.69 Å². The van der Waals surface area contributed by atoms with Gasteiger partial charge < -0.3 is 9.80 Å². The van der Waals surface area contributed by atoms with E-state index in [4.69, 9.17) is 26.7 Å². The molecule has 36 heavy (non-hydrogen) atoms. The van der Waals surface area contributed by atoms with Gasteiger partial charge in [0, 0.05) is 32.6 Å². The first-order valence-corrected chi connectivity index (χ1v) is 12.9. The number of para-hydroxylation sites is 1. The van der Waals surface area contributed by atoms with Crippen LogP contribution in [-0.2, 0) is 11.2 Å². The van der Waals surface area contributed by atoms with Crippen molar-refractivity contribution in [2.24, 2.45) is 0 Å². The summed E-state index contributed by atoms with van der Waals surface area (Å²) in [4.78, 5) is 26.8. The maximum atomic E-state index is 12.5. The minimum absolute atomic E-state index is 0.0144. The number of rotatable bonds is 5. The van der Waals surface area contributed by atoms with Crippen molar-refractivity contribution < 1.29 is 4.79 Å². The third-order valence-corrected chi connectivity index (χ3v) is 6.85. The van der Waals surface area contributed by atoms with Gasteiger partial charge in [0.1, 0.15) is 17.0 Å².